The van der Waals surface area contributed by atoms with E-state index in [2.05, 4.69) is 4.98 Å². The lowest BCUT2D eigenvalue weighted by Gasteiger charge is -2.00. The Kier molecular flexibility index (Phi) is 2.48. The summed E-state index contributed by atoms with van der Waals surface area (Å²) in [5.41, 5.74) is 9.50. The van der Waals surface area contributed by atoms with Crippen LogP contribution in [-0.4, -0.2) is 4.98 Å². The van der Waals surface area contributed by atoms with Crippen LogP contribution in [0.25, 0.3) is 6.08 Å². The number of aryl methyl sites for hydroxylation is 1. The van der Waals surface area contributed by atoms with E-state index in [1.807, 2.05) is 39.0 Å². The Balaban J connectivity index is 3.05. The molecule has 1 rings (SSSR count). The summed E-state index contributed by atoms with van der Waals surface area (Å²) < 4.78 is 0. The molecule has 2 heteroatoms. The molecule has 0 bridgehead atoms. The SMILES string of the molecule is CC(C)=Cc1ccc(N)c(C)n1. The lowest BCUT2D eigenvalue weighted by Crippen LogP contribution is -1.93. The number of anilines is 1. The lowest BCUT2D eigenvalue weighted by atomic mass is 10.2. The number of pyridine rings is 1. The molecule has 0 aliphatic carbocycles. The first kappa shape index (κ1) is 8.78. The van der Waals surface area contributed by atoms with Crippen LogP contribution in [0.3, 0.4) is 0 Å². The quantitative estimate of drug-likeness (QED) is 0.688. The van der Waals surface area contributed by atoms with Gasteiger partial charge in [0.1, 0.15) is 0 Å². The number of nitrogen functional groups attached to an aromatic ring is 1. The largest absolute Gasteiger partial charge is 0.397 e. The number of aromatic nitrogens is 1. The highest BCUT2D eigenvalue weighted by Crippen LogP contribution is 2.10. The summed E-state index contributed by atoms with van der Waals surface area (Å²) in [5, 5.41) is 0. The maximum Gasteiger partial charge on any atom is 0.0633 e. The topological polar surface area (TPSA) is 38.9 Å². The van der Waals surface area contributed by atoms with Crippen LogP contribution in [0.5, 0.6) is 0 Å². The summed E-state index contributed by atoms with van der Waals surface area (Å²) in [6.07, 6.45) is 2.03. The predicted octanol–water partition coefficient (Wildman–Crippen LogP) is 2.40. The minimum atomic E-state index is 0.751. The van der Waals surface area contributed by atoms with Crippen LogP contribution in [0, 0.1) is 6.92 Å². The van der Waals surface area contributed by atoms with Crippen molar-refractivity contribution in [2.24, 2.45) is 0 Å². The summed E-state index contributed by atoms with van der Waals surface area (Å²) in [6.45, 7) is 6.01. The van der Waals surface area contributed by atoms with Crippen LogP contribution in [0.2, 0.25) is 0 Å². The summed E-state index contributed by atoms with van der Waals surface area (Å²) in [4.78, 5) is 4.31. The van der Waals surface area contributed by atoms with Crippen LogP contribution in [0.1, 0.15) is 25.2 Å². The van der Waals surface area contributed by atoms with Gasteiger partial charge in [-0.1, -0.05) is 5.57 Å². The second-order valence-electron chi connectivity index (χ2n) is 3.13. The Hall–Kier alpha value is -1.31. The third-order valence-corrected chi connectivity index (χ3v) is 1.58. The average Bonchev–Trinajstić information content (AvgIpc) is 1.96. The molecule has 0 aromatic carbocycles. The van der Waals surface area contributed by atoms with E-state index in [4.69, 9.17) is 5.73 Å². The van der Waals surface area contributed by atoms with E-state index < -0.39 is 0 Å². The van der Waals surface area contributed by atoms with Gasteiger partial charge in [0.2, 0.25) is 0 Å². The third-order valence-electron chi connectivity index (χ3n) is 1.58. The fourth-order valence-electron chi connectivity index (χ4n) is 0.967. The molecule has 12 heavy (non-hydrogen) atoms. The van der Waals surface area contributed by atoms with Crippen molar-refractivity contribution in [3.05, 3.63) is 29.1 Å². The van der Waals surface area contributed by atoms with Crippen LogP contribution < -0.4 is 5.73 Å². The molecular weight excluding hydrogens is 148 g/mol. The van der Waals surface area contributed by atoms with Crippen molar-refractivity contribution in [3.63, 3.8) is 0 Å². The van der Waals surface area contributed by atoms with Gasteiger partial charge < -0.3 is 5.73 Å². The van der Waals surface area contributed by atoms with E-state index in [-0.39, 0.29) is 0 Å². The average molecular weight is 162 g/mol. The van der Waals surface area contributed by atoms with Gasteiger partial charge in [0, 0.05) is 0 Å². The molecule has 0 unspecified atom stereocenters. The molecule has 0 fully saturated rings. The van der Waals surface area contributed by atoms with Gasteiger partial charge in [-0.05, 0) is 39.0 Å². The number of nitrogens with two attached hydrogens (primary N) is 1. The van der Waals surface area contributed by atoms with Gasteiger partial charge in [-0.15, -0.1) is 0 Å². The normalized spacial score (nSPS) is 9.58. The monoisotopic (exact) mass is 162 g/mol. The van der Waals surface area contributed by atoms with Gasteiger partial charge in [0.15, 0.2) is 0 Å². The fourth-order valence-corrected chi connectivity index (χ4v) is 0.967. The van der Waals surface area contributed by atoms with Crippen molar-refractivity contribution in [1.82, 2.24) is 4.98 Å². The predicted molar refractivity (Wildman–Crippen MR) is 52.7 cm³/mol. The van der Waals surface area contributed by atoms with Crippen LogP contribution in [0.4, 0.5) is 5.69 Å². The van der Waals surface area contributed by atoms with Crippen molar-refractivity contribution in [2.45, 2.75) is 20.8 Å². The molecule has 0 saturated heterocycles. The molecule has 1 aromatic heterocycles. The molecule has 0 aliphatic rings. The Morgan fingerprint density at radius 2 is 2.08 bits per heavy atom. The molecule has 2 N–H and O–H groups in total. The molecule has 0 amide bonds. The smallest absolute Gasteiger partial charge is 0.0633 e. The van der Waals surface area contributed by atoms with Gasteiger partial charge in [0.25, 0.3) is 0 Å². The molecule has 1 aromatic rings. The third kappa shape index (κ3) is 2.09. The molecule has 0 spiro atoms. The van der Waals surface area contributed by atoms with E-state index in [1.54, 1.807) is 0 Å². The molecular formula is C10H14N2. The maximum atomic E-state index is 5.64. The molecule has 0 atom stereocenters. The van der Waals surface area contributed by atoms with Crippen LogP contribution in [-0.2, 0) is 0 Å². The second kappa shape index (κ2) is 3.39. The summed E-state index contributed by atoms with van der Waals surface area (Å²) in [7, 11) is 0. The van der Waals surface area contributed by atoms with Crippen LogP contribution in [0.15, 0.2) is 17.7 Å². The molecule has 1 heterocycles. The first-order valence-corrected chi connectivity index (χ1v) is 3.97. The number of rotatable bonds is 1. The zero-order chi connectivity index (χ0) is 9.14. The van der Waals surface area contributed by atoms with Gasteiger partial charge in [-0.3, -0.25) is 4.98 Å². The van der Waals surface area contributed by atoms with Crippen LogP contribution >= 0.6 is 0 Å². The molecule has 64 valence electrons. The number of allylic oxidation sites excluding steroid dienone is 1. The molecule has 0 radical (unpaired) electrons. The number of hydrogen-bond donors (Lipinski definition) is 1. The Labute approximate surface area is 73.1 Å². The maximum absolute atomic E-state index is 5.64. The standard InChI is InChI=1S/C10H14N2/c1-7(2)6-9-4-5-10(11)8(3)12-9/h4-6H,11H2,1-3H3. The fraction of sp³-hybridized carbons (Fsp3) is 0.300. The Morgan fingerprint density at radius 3 is 2.58 bits per heavy atom. The first-order chi connectivity index (χ1) is 5.59. The van der Waals surface area contributed by atoms with Crippen molar-refractivity contribution in [3.8, 4) is 0 Å². The Morgan fingerprint density at radius 1 is 1.42 bits per heavy atom. The van der Waals surface area contributed by atoms with E-state index in [0.717, 1.165) is 17.1 Å². The highest BCUT2D eigenvalue weighted by molar-refractivity contribution is 5.52. The number of nitrogens with zero attached hydrogens (tertiary/aromatic N) is 1. The van der Waals surface area contributed by atoms with Gasteiger partial charge in [-0.2, -0.15) is 0 Å². The summed E-state index contributed by atoms with van der Waals surface area (Å²) in [6, 6.07) is 3.81. The zero-order valence-electron chi connectivity index (χ0n) is 7.76. The van der Waals surface area contributed by atoms with E-state index in [0.29, 0.717) is 0 Å². The van der Waals surface area contributed by atoms with E-state index in [9.17, 15) is 0 Å². The highest BCUT2D eigenvalue weighted by atomic mass is 14.7. The van der Waals surface area contributed by atoms with Gasteiger partial charge in [-0.25, -0.2) is 0 Å². The minimum Gasteiger partial charge on any atom is -0.397 e. The molecule has 0 saturated carbocycles. The van der Waals surface area contributed by atoms with Crippen molar-refractivity contribution in [1.29, 1.82) is 0 Å². The highest BCUT2D eigenvalue weighted by Gasteiger charge is 1.94. The minimum absolute atomic E-state index is 0.751. The summed E-state index contributed by atoms with van der Waals surface area (Å²) >= 11 is 0. The molecule has 0 aliphatic heterocycles. The zero-order valence-corrected chi connectivity index (χ0v) is 7.76. The number of hydrogen-bond acceptors (Lipinski definition) is 2. The van der Waals surface area contributed by atoms with Crippen molar-refractivity contribution < 1.29 is 0 Å². The van der Waals surface area contributed by atoms with Gasteiger partial charge in [0.05, 0.1) is 17.1 Å². The second-order valence-corrected chi connectivity index (χ2v) is 3.13. The lowest BCUT2D eigenvalue weighted by molar-refractivity contribution is 1.18. The van der Waals surface area contributed by atoms with Crippen molar-refractivity contribution >= 4 is 11.8 Å². The van der Waals surface area contributed by atoms with E-state index in [1.165, 1.54) is 5.57 Å². The first-order valence-electron chi connectivity index (χ1n) is 3.97. The molecule has 2 nitrogen and oxygen atoms in total. The summed E-state index contributed by atoms with van der Waals surface area (Å²) in [5.74, 6) is 0. The Bertz CT molecular complexity index is 310. The van der Waals surface area contributed by atoms with Crippen molar-refractivity contribution in [2.75, 3.05) is 5.73 Å². The van der Waals surface area contributed by atoms with E-state index >= 15 is 0 Å². The van der Waals surface area contributed by atoms with Gasteiger partial charge >= 0.3 is 0 Å².